The van der Waals surface area contributed by atoms with Gasteiger partial charge >= 0.3 is 12.1 Å². The largest absolute Gasteiger partial charge is 0.465 e. The van der Waals surface area contributed by atoms with E-state index in [1.165, 1.54) is 6.92 Å². The Morgan fingerprint density at radius 2 is 1.79 bits per heavy atom. The first-order valence-electron chi connectivity index (χ1n) is 6.11. The van der Waals surface area contributed by atoms with Crippen LogP contribution in [0, 0.1) is 5.92 Å². The fourth-order valence-corrected chi connectivity index (χ4v) is 1.84. The minimum absolute atomic E-state index is 0.0615. The molecule has 0 spiro atoms. The number of hydrogen-bond donors (Lipinski definition) is 3. The first kappa shape index (κ1) is 15.7. The van der Waals surface area contributed by atoms with E-state index in [0.29, 0.717) is 0 Å². The van der Waals surface area contributed by atoms with Gasteiger partial charge in [0.15, 0.2) is 0 Å². The van der Waals surface area contributed by atoms with E-state index in [0.717, 1.165) is 0 Å². The zero-order chi connectivity index (χ0) is 14.8. The van der Waals surface area contributed by atoms with Gasteiger partial charge in [-0.2, -0.15) is 0 Å². The molecule has 110 valence electrons. The summed E-state index contributed by atoms with van der Waals surface area (Å²) in [6.45, 7) is 6.34. The van der Waals surface area contributed by atoms with E-state index >= 15 is 0 Å². The van der Waals surface area contributed by atoms with Gasteiger partial charge < -0.3 is 25.0 Å². The molecule has 1 rings (SSSR count). The molecule has 1 aliphatic carbocycles. The van der Waals surface area contributed by atoms with E-state index in [1.54, 1.807) is 20.8 Å². The summed E-state index contributed by atoms with van der Waals surface area (Å²) in [7, 11) is 0. The molecule has 0 saturated heterocycles. The zero-order valence-electron chi connectivity index (χ0n) is 11.5. The monoisotopic (exact) mass is 275 g/mol. The van der Waals surface area contributed by atoms with Crippen molar-refractivity contribution >= 4 is 12.1 Å². The fraction of sp³-hybridized carbons (Fsp3) is 0.833. The van der Waals surface area contributed by atoms with Crippen molar-refractivity contribution in [3.05, 3.63) is 0 Å². The standard InChI is InChI=1S/C12H21NO6/c1-6(14)18-5-7-8(10(16)9(7)15)13-11(17)19-12(2,3)4/h7-10,15-16H,5H2,1-4H3,(H,13,17)/t7-,8+,9-,10-/m0/s1. The number of rotatable bonds is 3. The van der Waals surface area contributed by atoms with Gasteiger partial charge in [-0.25, -0.2) is 4.79 Å². The number of nitrogens with one attached hydrogen (secondary N) is 1. The minimum Gasteiger partial charge on any atom is -0.465 e. The number of carbonyl (C=O) groups is 2. The van der Waals surface area contributed by atoms with Crippen LogP contribution < -0.4 is 5.32 Å². The van der Waals surface area contributed by atoms with Crippen molar-refractivity contribution in [2.24, 2.45) is 5.92 Å². The average Bonchev–Trinajstić information content (AvgIpc) is 2.24. The molecule has 19 heavy (non-hydrogen) atoms. The maximum Gasteiger partial charge on any atom is 0.407 e. The van der Waals surface area contributed by atoms with E-state index in [4.69, 9.17) is 9.47 Å². The maximum absolute atomic E-state index is 11.6. The van der Waals surface area contributed by atoms with E-state index in [1.807, 2.05) is 0 Å². The van der Waals surface area contributed by atoms with Crippen LogP contribution in [0.25, 0.3) is 0 Å². The van der Waals surface area contributed by atoms with Crippen molar-refractivity contribution in [3.63, 3.8) is 0 Å². The smallest absolute Gasteiger partial charge is 0.407 e. The lowest BCUT2D eigenvalue weighted by Gasteiger charge is -2.45. The molecule has 4 atom stereocenters. The van der Waals surface area contributed by atoms with Gasteiger partial charge in [0.25, 0.3) is 0 Å². The summed E-state index contributed by atoms with van der Waals surface area (Å²) in [5.74, 6) is -1.02. The van der Waals surface area contributed by atoms with E-state index in [2.05, 4.69) is 5.32 Å². The third-order valence-electron chi connectivity index (χ3n) is 2.78. The molecule has 1 amide bonds. The molecule has 0 aromatic rings. The SMILES string of the molecule is CC(=O)OC[C@@H]1[C@H](O)[C@@H](O)[C@@H]1NC(=O)OC(C)(C)C. The summed E-state index contributed by atoms with van der Waals surface area (Å²) < 4.78 is 9.83. The Kier molecular flexibility index (Phi) is 4.75. The van der Waals surface area contributed by atoms with Crippen LogP contribution in [-0.4, -0.2) is 52.7 Å². The van der Waals surface area contributed by atoms with Crippen molar-refractivity contribution in [1.29, 1.82) is 0 Å². The fourth-order valence-electron chi connectivity index (χ4n) is 1.84. The average molecular weight is 275 g/mol. The Balaban J connectivity index is 2.50. The molecule has 3 N–H and O–H groups in total. The van der Waals surface area contributed by atoms with Crippen LogP contribution in [0.15, 0.2) is 0 Å². The molecule has 1 fully saturated rings. The Morgan fingerprint density at radius 1 is 1.21 bits per heavy atom. The number of ether oxygens (including phenoxy) is 2. The summed E-state index contributed by atoms with van der Waals surface area (Å²) in [5, 5.41) is 21.6. The number of aliphatic hydroxyl groups is 2. The van der Waals surface area contributed by atoms with Gasteiger partial charge in [-0.1, -0.05) is 0 Å². The molecule has 0 aromatic carbocycles. The second-order valence-corrected chi connectivity index (χ2v) is 5.62. The summed E-state index contributed by atoms with van der Waals surface area (Å²) in [6.07, 6.45) is -2.80. The Labute approximate surface area is 111 Å². The predicted molar refractivity (Wildman–Crippen MR) is 65.3 cm³/mol. The van der Waals surface area contributed by atoms with Gasteiger partial charge in [0.1, 0.15) is 11.7 Å². The van der Waals surface area contributed by atoms with E-state index < -0.39 is 41.8 Å². The third-order valence-corrected chi connectivity index (χ3v) is 2.78. The molecule has 0 unspecified atom stereocenters. The highest BCUT2D eigenvalue weighted by molar-refractivity contribution is 5.68. The molecule has 1 saturated carbocycles. The number of alkyl carbamates (subject to hydrolysis) is 1. The van der Waals surface area contributed by atoms with Crippen LogP contribution in [0.3, 0.4) is 0 Å². The molecular weight excluding hydrogens is 254 g/mol. The summed E-state index contributed by atoms with van der Waals surface area (Å²) in [4.78, 5) is 22.3. The lowest BCUT2D eigenvalue weighted by atomic mass is 9.74. The molecule has 0 heterocycles. The molecule has 0 bridgehead atoms. The second kappa shape index (κ2) is 5.75. The number of amides is 1. The topological polar surface area (TPSA) is 105 Å². The molecule has 7 nitrogen and oxygen atoms in total. The maximum atomic E-state index is 11.6. The molecule has 0 aliphatic heterocycles. The van der Waals surface area contributed by atoms with Gasteiger partial charge in [0, 0.05) is 12.8 Å². The molecular formula is C12H21NO6. The summed E-state index contributed by atoms with van der Waals surface area (Å²) in [6, 6.07) is -0.691. The lowest BCUT2D eigenvalue weighted by Crippen LogP contribution is -2.68. The number of hydrogen-bond acceptors (Lipinski definition) is 6. The normalized spacial score (nSPS) is 30.2. The Morgan fingerprint density at radius 3 is 2.26 bits per heavy atom. The summed E-state index contributed by atoms with van der Waals surface area (Å²) >= 11 is 0. The first-order chi connectivity index (χ1) is 8.61. The van der Waals surface area contributed by atoms with Crippen LogP contribution in [-0.2, 0) is 14.3 Å². The number of carbonyl (C=O) groups excluding carboxylic acids is 2. The third kappa shape index (κ3) is 4.36. The van der Waals surface area contributed by atoms with Crippen LogP contribution in [0.4, 0.5) is 4.79 Å². The molecule has 0 radical (unpaired) electrons. The van der Waals surface area contributed by atoms with Crippen LogP contribution in [0.5, 0.6) is 0 Å². The Hall–Kier alpha value is -1.34. The van der Waals surface area contributed by atoms with Crippen LogP contribution in [0.2, 0.25) is 0 Å². The molecule has 7 heteroatoms. The van der Waals surface area contributed by atoms with Crippen molar-refractivity contribution in [1.82, 2.24) is 5.32 Å². The lowest BCUT2D eigenvalue weighted by molar-refractivity contribution is -0.164. The van der Waals surface area contributed by atoms with Gasteiger partial charge in [-0.15, -0.1) is 0 Å². The highest BCUT2D eigenvalue weighted by atomic mass is 16.6. The highest BCUT2D eigenvalue weighted by Crippen LogP contribution is 2.29. The van der Waals surface area contributed by atoms with Gasteiger partial charge in [-0.3, -0.25) is 4.79 Å². The van der Waals surface area contributed by atoms with Crippen molar-refractivity contribution < 1.29 is 29.3 Å². The quantitative estimate of drug-likeness (QED) is 0.616. The van der Waals surface area contributed by atoms with Gasteiger partial charge in [-0.05, 0) is 20.8 Å². The van der Waals surface area contributed by atoms with Crippen LogP contribution >= 0.6 is 0 Å². The number of aliphatic hydroxyl groups excluding tert-OH is 2. The van der Waals surface area contributed by atoms with Crippen molar-refractivity contribution in [3.8, 4) is 0 Å². The first-order valence-corrected chi connectivity index (χ1v) is 6.11. The molecule has 0 aromatic heterocycles. The van der Waals surface area contributed by atoms with Crippen molar-refractivity contribution in [2.45, 2.75) is 51.5 Å². The van der Waals surface area contributed by atoms with Crippen LogP contribution in [0.1, 0.15) is 27.7 Å². The predicted octanol–water partition coefficient (Wildman–Crippen LogP) is -0.206. The molecule has 1 aliphatic rings. The summed E-state index contributed by atoms with van der Waals surface area (Å²) in [5.41, 5.74) is -0.650. The second-order valence-electron chi connectivity index (χ2n) is 5.62. The van der Waals surface area contributed by atoms with Crippen molar-refractivity contribution in [2.75, 3.05) is 6.61 Å². The number of esters is 1. The van der Waals surface area contributed by atoms with E-state index in [9.17, 15) is 19.8 Å². The van der Waals surface area contributed by atoms with E-state index in [-0.39, 0.29) is 6.61 Å². The Bertz CT molecular complexity index is 351. The minimum atomic E-state index is -1.09. The highest BCUT2D eigenvalue weighted by Gasteiger charge is 2.50. The van der Waals surface area contributed by atoms with Gasteiger partial charge in [0.05, 0.1) is 18.8 Å². The zero-order valence-corrected chi connectivity index (χ0v) is 11.5. The van der Waals surface area contributed by atoms with Gasteiger partial charge in [0.2, 0.25) is 0 Å².